The predicted octanol–water partition coefficient (Wildman–Crippen LogP) is 4.12. The van der Waals surface area contributed by atoms with Crippen molar-refractivity contribution in [3.05, 3.63) is 78.2 Å². The monoisotopic (exact) mass is 388 g/mol. The van der Waals surface area contributed by atoms with E-state index in [1.807, 2.05) is 30.5 Å². The van der Waals surface area contributed by atoms with Crippen LogP contribution in [-0.2, 0) is 6.54 Å². The molecular weight excluding hydrogens is 360 g/mol. The molecule has 1 aliphatic carbocycles. The van der Waals surface area contributed by atoms with E-state index < -0.39 is 0 Å². The molecule has 150 valence electrons. The van der Waals surface area contributed by atoms with Gasteiger partial charge in [0.1, 0.15) is 6.10 Å². The fourth-order valence-corrected chi connectivity index (χ4v) is 5.02. The zero-order valence-corrected chi connectivity index (χ0v) is 16.9. The maximum absolute atomic E-state index is 6.38. The van der Waals surface area contributed by atoms with Gasteiger partial charge in [0.2, 0.25) is 5.88 Å². The van der Waals surface area contributed by atoms with Gasteiger partial charge in [-0.2, -0.15) is 5.10 Å². The van der Waals surface area contributed by atoms with Crippen molar-refractivity contribution >= 4 is 0 Å². The molecule has 2 aliphatic rings. The largest absolute Gasteiger partial charge is 0.472 e. The zero-order valence-electron chi connectivity index (χ0n) is 16.9. The van der Waals surface area contributed by atoms with Gasteiger partial charge in [0.05, 0.1) is 6.04 Å². The molecule has 0 bridgehead atoms. The van der Waals surface area contributed by atoms with Gasteiger partial charge in [0.25, 0.3) is 0 Å². The summed E-state index contributed by atoms with van der Waals surface area (Å²) in [6.45, 7) is 5.48. The molecule has 1 saturated carbocycles. The quantitative estimate of drug-likeness (QED) is 0.660. The highest BCUT2D eigenvalue weighted by molar-refractivity contribution is 5.21. The number of hydrogen-bond donors (Lipinski definition) is 0. The molecule has 2 fully saturated rings. The SMILES string of the molecule is Cc1ccc(CN2C[C@H]3C[C@H](Oc4ccccn4)[C@@H](n4cccn4)C[C@H]3C2)cc1. The average molecular weight is 389 g/mol. The minimum absolute atomic E-state index is 0.102. The topological polar surface area (TPSA) is 43.2 Å². The van der Waals surface area contributed by atoms with E-state index in [0.717, 1.165) is 32.5 Å². The Balaban J connectivity index is 1.31. The molecule has 5 nitrogen and oxygen atoms in total. The number of nitrogens with zero attached hydrogens (tertiary/aromatic N) is 4. The van der Waals surface area contributed by atoms with Gasteiger partial charge < -0.3 is 4.74 Å². The molecule has 0 amide bonds. The minimum atomic E-state index is 0.102. The van der Waals surface area contributed by atoms with Gasteiger partial charge in [0, 0.05) is 44.3 Å². The Labute approximate surface area is 172 Å². The summed E-state index contributed by atoms with van der Waals surface area (Å²) in [5.41, 5.74) is 2.72. The van der Waals surface area contributed by atoms with Crippen LogP contribution in [-0.4, -0.2) is 38.9 Å². The van der Waals surface area contributed by atoms with Crippen molar-refractivity contribution < 1.29 is 4.74 Å². The van der Waals surface area contributed by atoms with Crippen molar-refractivity contribution in [2.75, 3.05) is 13.1 Å². The summed E-state index contributed by atoms with van der Waals surface area (Å²) >= 11 is 0. The Morgan fingerprint density at radius 1 is 0.966 bits per heavy atom. The third-order valence-electron chi connectivity index (χ3n) is 6.46. The lowest BCUT2D eigenvalue weighted by atomic mass is 9.77. The van der Waals surface area contributed by atoms with Crippen LogP contribution in [0.5, 0.6) is 5.88 Å². The second kappa shape index (κ2) is 7.99. The first-order chi connectivity index (χ1) is 14.2. The summed E-state index contributed by atoms with van der Waals surface area (Å²) in [6, 6.07) is 17.1. The van der Waals surface area contributed by atoms with Crippen molar-refractivity contribution in [1.29, 1.82) is 0 Å². The van der Waals surface area contributed by atoms with Crippen molar-refractivity contribution in [2.45, 2.75) is 38.5 Å². The first-order valence-corrected chi connectivity index (χ1v) is 10.6. The van der Waals surface area contributed by atoms with E-state index in [9.17, 15) is 0 Å². The van der Waals surface area contributed by atoms with Gasteiger partial charge in [-0.15, -0.1) is 0 Å². The average Bonchev–Trinajstić information content (AvgIpc) is 3.39. The fraction of sp³-hybridized carbons (Fsp3) is 0.417. The summed E-state index contributed by atoms with van der Waals surface area (Å²) in [6.07, 6.45) is 7.99. The second-order valence-corrected chi connectivity index (χ2v) is 8.55. The first kappa shape index (κ1) is 18.4. The van der Waals surface area contributed by atoms with Crippen LogP contribution in [0.4, 0.5) is 0 Å². The van der Waals surface area contributed by atoms with Crippen LogP contribution < -0.4 is 4.74 Å². The molecule has 1 saturated heterocycles. The highest BCUT2D eigenvalue weighted by atomic mass is 16.5. The lowest BCUT2D eigenvalue weighted by Crippen LogP contribution is -2.40. The van der Waals surface area contributed by atoms with Crippen LogP contribution in [0.1, 0.15) is 30.0 Å². The molecule has 0 spiro atoms. The maximum atomic E-state index is 6.38. The molecule has 29 heavy (non-hydrogen) atoms. The summed E-state index contributed by atoms with van der Waals surface area (Å²) in [5, 5.41) is 4.54. The normalized spacial score (nSPS) is 26.9. The van der Waals surface area contributed by atoms with E-state index in [-0.39, 0.29) is 12.1 Å². The molecule has 3 heterocycles. The standard InChI is InChI=1S/C24H28N4O/c1-18-6-8-19(9-7-18)15-27-16-20-13-22(28-12-4-11-26-28)23(14-21(20)17-27)29-24-5-2-3-10-25-24/h2-12,20-23H,13-17H2,1H3/t20-,21+,22-,23-/m0/s1. The van der Waals surface area contributed by atoms with Crippen molar-refractivity contribution in [1.82, 2.24) is 19.7 Å². The Hall–Kier alpha value is -2.66. The number of pyridine rings is 1. The first-order valence-electron chi connectivity index (χ1n) is 10.6. The summed E-state index contributed by atoms with van der Waals surface area (Å²) in [7, 11) is 0. The van der Waals surface area contributed by atoms with Crippen LogP contribution in [0.3, 0.4) is 0 Å². The number of benzene rings is 1. The summed E-state index contributed by atoms with van der Waals surface area (Å²) in [5.74, 6) is 2.07. The highest BCUT2D eigenvalue weighted by Gasteiger charge is 2.44. The van der Waals surface area contributed by atoms with Gasteiger partial charge in [0.15, 0.2) is 0 Å². The fourth-order valence-electron chi connectivity index (χ4n) is 5.02. The van der Waals surface area contributed by atoms with Crippen LogP contribution >= 0.6 is 0 Å². The minimum Gasteiger partial charge on any atom is -0.472 e. The van der Waals surface area contributed by atoms with E-state index in [1.54, 1.807) is 6.20 Å². The number of aryl methyl sites for hydroxylation is 1. The Morgan fingerprint density at radius 2 is 1.79 bits per heavy atom. The predicted molar refractivity (Wildman–Crippen MR) is 113 cm³/mol. The van der Waals surface area contributed by atoms with Crippen molar-refractivity contribution in [3.8, 4) is 5.88 Å². The Morgan fingerprint density at radius 3 is 2.52 bits per heavy atom. The molecule has 3 aromatic rings. The molecule has 4 atom stereocenters. The van der Waals surface area contributed by atoms with E-state index >= 15 is 0 Å². The molecule has 2 aromatic heterocycles. The Bertz CT molecular complexity index is 910. The summed E-state index contributed by atoms with van der Waals surface area (Å²) in [4.78, 5) is 7.00. The van der Waals surface area contributed by atoms with Gasteiger partial charge in [-0.3, -0.25) is 9.58 Å². The molecule has 0 N–H and O–H groups in total. The van der Waals surface area contributed by atoms with Gasteiger partial charge in [-0.05, 0) is 49.3 Å². The van der Waals surface area contributed by atoms with E-state index in [0.29, 0.717) is 17.7 Å². The van der Waals surface area contributed by atoms with Gasteiger partial charge in [-0.1, -0.05) is 35.9 Å². The molecule has 0 unspecified atom stereocenters. The third-order valence-corrected chi connectivity index (χ3v) is 6.46. The molecule has 1 aromatic carbocycles. The highest BCUT2D eigenvalue weighted by Crippen LogP contribution is 2.42. The molecule has 1 aliphatic heterocycles. The third kappa shape index (κ3) is 4.06. The van der Waals surface area contributed by atoms with Gasteiger partial charge in [-0.25, -0.2) is 4.98 Å². The molecule has 0 radical (unpaired) electrons. The second-order valence-electron chi connectivity index (χ2n) is 8.55. The lowest BCUT2D eigenvalue weighted by Gasteiger charge is -2.37. The lowest BCUT2D eigenvalue weighted by molar-refractivity contribution is 0.0459. The number of likely N-dealkylation sites (tertiary alicyclic amines) is 1. The van der Waals surface area contributed by atoms with Crippen LogP contribution in [0.15, 0.2) is 67.1 Å². The van der Waals surface area contributed by atoms with E-state index in [1.165, 1.54) is 11.1 Å². The zero-order chi connectivity index (χ0) is 19.6. The number of fused-ring (bicyclic) bond motifs is 1. The Kier molecular flexibility index (Phi) is 5.06. The molecule has 5 rings (SSSR count). The van der Waals surface area contributed by atoms with Crippen LogP contribution in [0, 0.1) is 18.8 Å². The maximum Gasteiger partial charge on any atom is 0.213 e. The van der Waals surface area contributed by atoms with E-state index in [2.05, 4.69) is 57.1 Å². The summed E-state index contributed by atoms with van der Waals surface area (Å²) < 4.78 is 8.47. The molecular formula is C24H28N4O. The van der Waals surface area contributed by atoms with Crippen LogP contribution in [0.25, 0.3) is 0 Å². The van der Waals surface area contributed by atoms with Crippen LogP contribution in [0.2, 0.25) is 0 Å². The van der Waals surface area contributed by atoms with Crippen molar-refractivity contribution in [3.63, 3.8) is 0 Å². The van der Waals surface area contributed by atoms with Gasteiger partial charge >= 0.3 is 0 Å². The number of ether oxygens (including phenoxy) is 1. The van der Waals surface area contributed by atoms with Crippen molar-refractivity contribution in [2.24, 2.45) is 11.8 Å². The van der Waals surface area contributed by atoms with E-state index in [4.69, 9.17) is 4.74 Å². The molecule has 5 heteroatoms. The number of hydrogen-bond acceptors (Lipinski definition) is 4. The number of aromatic nitrogens is 3. The smallest absolute Gasteiger partial charge is 0.213 e. The number of rotatable bonds is 5.